The number of thiophene rings is 1. The number of ether oxygens (including phenoxy) is 1. The zero-order chi connectivity index (χ0) is 15.7. The highest BCUT2D eigenvalue weighted by Gasteiger charge is 2.41. The first-order chi connectivity index (χ1) is 10.8. The maximum Gasteiger partial charge on any atom is 0.191 e. The summed E-state index contributed by atoms with van der Waals surface area (Å²) in [4.78, 5) is 6.20. The Balaban J connectivity index is 1.74. The average Bonchev–Trinajstić information content (AvgIpc) is 3.09. The van der Waals surface area contributed by atoms with Crippen LogP contribution in [0.1, 0.15) is 38.0 Å². The topological polar surface area (TPSA) is 45.7 Å². The van der Waals surface area contributed by atoms with E-state index in [2.05, 4.69) is 42.0 Å². The second-order valence-corrected chi connectivity index (χ2v) is 6.93. The molecule has 0 atom stereocenters. The van der Waals surface area contributed by atoms with Gasteiger partial charge in [0.15, 0.2) is 5.96 Å². The van der Waals surface area contributed by atoms with Crippen molar-refractivity contribution >= 4 is 17.3 Å². The van der Waals surface area contributed by atoms with E-state index < -0.39 is 0 Å². The van der Waals surface area contributed by atoms with Crippen LogP contribution in [0.5, 0.6) is 0 Å². The van der Waals surface area contributed by atoms with Gasteiger partial charge >= 0.3 is 0 Å². The predicted octanol–water partition coefficient (Wildman–Crippen LogP) is 3.05. The van der Waals surface area contributed by atoms with Gasteiger partial charge in [-0.2, -0.15) is 0 Å². The van der Waals surface area contributed by atoms with Gasteiger partial charge in [-0.3, -0.25) is 4.99 Å². The minimum Gasteiger partial charge on any atom is -0.382 e. The van der Waals surface area contributed by atoms with Crippen molar-refractivity contribution in [3.63, 3.8) is 0 Å². The Labute approximate surface area is 138 Å². The lowest BCUT2D eigenvalue weighted by Crippen LogP contribution is -2.38. The van der Waals surface area contributed by atoms with Gasteiger partial charge in [0.25, 0.3) is 0 Å². The predicted molar refractivity (Wildman–Crippen MR) is 94.8 cm³/mol. The van der Waals surface area contributed by atoms with E-state index in [0.29, 0.717) is 5.41 Å². The van der Waals surface area contributed by atoms with Crippen LogP contribution in [0.15, 0.2) is 22.5 Å². The van der Waals surface area contributed by atoms with Crippen molar-refractivity contribution in [1.29, 1.82) is 0 Å². The fraction of sp³-hybridized carbons (Fsp3) is 0.706. The molecule has 1 fully saturated rings. The monoisotopic (exact) mass is 323 g/mol. The third-order valence-corrected chi connectivity index (χ3v) is 5.03. The molecule has 1 heterocycles. The fourth-order valence-corrected chi connectivity index (χ4v) is 3.15. The molecule has 0 aliphatic heterocycles. The lowest BCUT2D eigenvalue weighted by Gasteiger charge is -2.15. The Morgan fingerprint density at radius 1 is 1.36 bits per heavy atom. The first-order valence-corrected chi connectivity index (χ1v) is 9.28. The zero-order valence-electron chi connectivity index (χ0n) is 13.9. The molecule has 2 N–H and O–H groups in total. The zero-order valence-corrected chi connectivity index (χ0v) is 14.7. The number of nitrogens with one attached hydrogen (secondary N) is 2. The molecule has 124 valence electrons. The highest BCUT2D eigenvalue weighted by molar-refractivity contribution is 7.09. The minimum atomic E-state index is 0.408. The van der Waals surface area contributed by atoms with Crippen molar-refractivity contribution in [3.8, 4) is 0 Å². The van der Waals surface area contributed by atoms with Crippen LogP contribution in [0, 0.1) is 5.41 Å². The van der Waals surface area contributed by atoms with Crippen LogP contribution in [0.3, 0.4) is 0 Å². The van der Waals surface area contributed by atoms with E-state index in [0.717, 1.165) is 51.6 Å². The molecule has 0 unspecified atom stereocenters. The number of hydrogen-bond donors (Lipinski definition) is 2. The van der Waals surface area contributed by atoms with Crippen LogP contribution in [-0.4, -0.2) is 38.8 Å². The third kappa shape index (κ3) is 5.97. The Morgan fingerprint density at radius 2 is 2.23 bits per heavy atom. The molecule has 1 aliphatic rings. The number of aliphatic imine (C=N–C) groups is 1. The summed E-state index contributed by atoms with van der Waals surface area (Å²) >= 11 is 1.81. The molecule has 0 aromatic carbocycles. The number of hydrogen-bond acceptors (Lipinski definition) is 3. The van der Waals surface area contributed by atoms with Crippen molar-refractivity contribution < 1.29 is 4.74 Å². The van der Waals surface area contributed by atoms with Gasteiger partial charge in [-0.1, -0.05) is 6.07 Å². The molecule has 2 rings (SSSR count). The molecule has 1 aliphatic carbocycles. The molecule has 0 bridgehead atoms. The summed E-state index contributed by atoms with van der Waals surface area (Å²) in [6.45, 7) is 8.58. The van der Waals surface area contributed by atoms with Crippen molar-refractivity contribution in [2.45, 2.75) is 39.5 Å². The fourth-order valence-electron chi connectivity index (χ4n) is 2.44. The standard InChI is InChI=1S/C17H29N3OS/c1-3-18-16(19-11-7-15-6-5-13-22-15)20-14-17(8-9-17)10-12-21-4-2/h5-6,13H,3-4,7-12,14H2,1-2H3,(H2,18,19,20). The number of rotatable bonds is 10. The highest BCUT2D eigenvalue weighted by Crippen LogP contribution is 2.48. The second kappa shape index (κ2) is 9.16. The van der Waals surface area contributed by atoms with E-state index in [-0.39, 0.29) is 0 Å². The molecule has 4 nitrogen and oxygen atoms in total. The maximum atomic E-state index is 5.49. The Hall–Kier alpha value is -1.07. The van der Waals surface area contributed by atoms with Gasteiger partial charge in [0.2, 0.25) is 0 Å². The van der Waals surface area contributed by atoms with Crippen molar-refractivity contribution in [1.82, 2.24) is 10.6 Å². The molecule has 1 aromatic rings. The average molecular weight is 324 g/mol. The summed E-state index contributed by atoms with van der Waals surface area (Å²) < 4.78 is 5.49. The van der Waals surface area contributed by atoms with E-state index in [1.807, 2.05) is 11.3 Å². The molecule has 22 heavy (non-hydrogen) atoms. The summed E-state index contributed by atoms with van der Waals surface area (Å²) in [6, 6.07) is 4.29. The summed E-state index contributed by atoms with van der Waals surface area (Å²) in [5.74, 6) is 0.946. The lowest BCUT2D eigenvalue weighted by atomic mass is 10.0. The van der Waals surface area contributed by atoms with Gasteiger partial charge in [-0.05, 0) is 56.4 Å². The quantitative estimate of drug-likeness (QED) is 0.395. The van der Waals surface area contributed by atoms with Crippen LogP contribution in [-0.2, 0) is 11.2 Å². The molecule has 0 amide bonds. The van der Waals surface area contributed by atoms with Gasteiger partial charge in [0, 0.05) is 37.7 Å². The molecular weight excluding hydrogens is 294 g/mol. The lowest BCUT2D eigenvalue weighted by molar-refractivity contribution is 0.129. The molecular formula is C17H29N3OS. The summed E-state index contributed by atoms with van der Waals surface area (Å²) in [5.41, 5.74) is 0.408. The molecule has 0 saturated heterocycles. The number of nitrogens with zero attached hydrogens (tertiary/aromatic N) is 1. The van der Waals surface area contributed by atoms with Crippen molar-refractivity contribution in [3.05, 3.63) is 22.4 Å². The number of guanidine groups is 1. The van der Waals surface area contributed by atoms with Crippen LogP contribution < -0.4 is 10.6 Å². The van der Waals surface area contributed by atoms with Crippen LogP contribution >= 0.6 is 11.3 Å². The molecule has 0 spiro atoms. The largest absolute Gasteiger partial charge is 0.382 e. The third-order valence-electron chi connectivity index (χ3n) is 4.10. The maximum absolute atomic E-state index is 5.49. The van der Waals surface area contributed by atoms with E-state index in [9.17, 15) is 0 Å². The second-order valence-electron chi connectivity index (χ2n) is 5.90. The summed E-state index contributed by atoms with van der Waals surface area (Å²) in [7, 11) is 0. The Bertz CT molecular complexity index is 441. The first kappa shape index (κ1) is 17.3. The van der Waals surface area contributed by atoms with E-state index in [4.69, 9.17) is 9.73 Å². The van der Waals surface area contributed by atoms with Crippen LogP contribution in [0.25, 0.3) is 0 Å². The normalized spacial score (nSPS) is 16.5. The Morgan fingerprint density at radius 3 is 2.86 bits per heavy atom. The van der Waals surface area contributed by atoms with E-state index in [1.165, 1.54) is 17.7 Å². The van der Waals surface area contributed by atoms with Crippen LogP contribution in [0.2, 0.25) is 0 Å². The van der Waals surface area contributed by atoms with Crippen molar-refractivity contribution in [2.75, 3.05) is 32.8 Å². The van der Waals surface area contributed by atoms with Gasteiger partial charge in [0.05, 0.1) is 0 Å². The van der Waals surface area contributed by atoms with Gasteiger partial charge in [0.1, 0.15) is 0 Å². The Kier molecular flexibility index (Phi) is 7.19. The smallest absolute Gasteiger partial charge is 0.191 e. The van der Waals surface area contributed by atoms with Crippen LogP contribution in [0.4, 0.5) is 0 Å². The molecule has 1 saturated carbocycles. The first-order valence-electron chi connectivity index (χ1n) is 8.40. The highest BCUT2D eigenvalue weighted by atomic mass is 32.1. The van der Waals surface area contributed by atoms with E-state index in [1.54, 1.807) is 0 Å². The minimum absolute atomic E-state index is 0.408. The van der Waals surface area contributed by atoms with Gasteiger partial charge in [-0.15, -0.1) is 11.3 Å². The summed E-state index contributed by atoms with van der Waals surface area (Å²) in [6.07, 6.45) is 4.77. The van der Waals surface area contributed by atoms with Gasteiger partial charge in [-0.25, -0.2) is 0 Å². The molecule has 1 aromatic heterocycles. The van der Waals surface area contributed by atoms with Gasteiger partial charge < -0.3 is 15.4 Å². The van der Waals surface area contributed by atoms with Crippen molar-refractivity contribution in [2.24, 2.45) is 10.4 Å². The molecule has 5 heteroatoms. The summed E-state index contributed by atoms with van der Waals surface area (Å²) in [5, 5.41) is 8.91. The van der Waals surface area contributed by atoms with E-state index >= 15 is 0 Å². The SMILES string of the molecule is CCNC(=NCC1(CCOCC)CC1)NCCc1cccs1. The molecule has 0 radical (unpaired) electrons.